The fourth-order valence-corrected chi connectivity index (χ4v) is 3.18. The molecule has 2 N–H and O–H groups in total. The van der Waals surface area contributed by atoms with E-state index in [0.717, 1.165) is 41.4 Å². The molecule has 1 aliphatic heterocycles. The maximum Gasteiger partial charge on any atom is 0.255 e. The van der Waals surface area contributed by atoms with Crippen LogP contribution in [0.3, 0.4) is 0 Å². The molecule has 0 saturated carbocycles. The van der Waals surface area contributed by atoms with Gasteiger partial charge in [-0.15, -0.1) is 0 Å². The second kappa shape index (κ2) is 5.68. The van der Waals surface area contributed by atoms with Crippen LogP contribution in [-0.2, 0) is 6.54 Å². The molecule has 0 bridgehead atoms. The highest BCUT2D eigenvalue weighted by molar-refractivity contribution is 9.10. The fraction of sp³-hybridized carbons (Fsp3) is 0.400. The second-order valence-corrected chi connectivity index (χ2v) is 6.34. The van der Waals surface area contributed by atoms with E-state index >= 15 is 0 Å². The number of H-pyrrole nitrogens is 1. The molecule has 1 fully saturated rings. The normalized spacial score (nSPS) is 20.4. The average Bonchev–Trinajstić information content (AvgIpc) is 2.42. The van der Waals surface area contributed by atoms with Gasteiger partial charge in [-0.25, -0.2) is 0 Å². The summed E-state index contributed by atoms with van der Waals surface area (Å²) in [7, 11) is 0. The monoisotopic (exact) mass is 335 g/mol. The van der Waals surface area contributed by atoms with Gasteiger partial charge in [0.1, 0.15) is 0 Å². The zero-order valence-corrected chi connectivity index (χ0v) is 13.0. The molecule has 0 amide bonds. The molecule has 0 radical (unpaired) electrons. The molecule has 20 heavy (non-hydrogen) atoms. The number of fused-ring (bicyclic) bond motifs is 1. The zero-order valence-electron chi connectivity index (χ0n) is 11.4. The largest absolute Gasteiger partial charge is 0.328 e. The van der Waals surface area contributed by atoms with E-state index in [-0.39, 0.29) is 5.56 Å². The van der Waals surface area contributed by atoms with Crippen molar-refractivity contribution in [2.75, 3.05) is 19.6 Å². The molecule has 1 saturated heterocycles. The maximum absolute atomic E-state index is 11.9. The summed E-state index contributed by atoms with van der Waals surface area (Å²) in [6.07, 6.45) is 1.85. The van der Waals surface area contributed by atoms with Gasteiger partial charge in [-0.1, -0.05) is 15.9 Å². The third-order valence-electron chi connectivity index (χ3n) is 3.80. The summed E-state index contributed by atoms with van der Waals surface area (Å²) < 4.78 is 1.01. The molecule has 4 nitrogen and oxygen atoms in total. The quantitative estimate of drug-likeness (QED) is 0.883. The fourth-order valence-electron chi connectivity index (χ4n) is 2.82. The van der Waals surface area contributed by atoms with Gasteiger partial charge in [0, 0.05) is 48.3 Å². The van der Waals surface area contributed by atoms with Gasteiger partial charge in [0.25, 0.3) is 5.56 Å². The van der Waals surface area contributed by atoms with E-state index in [1.807, 2.05) is 24.4 Å². The Hall–Kier alpha value is -1.17. The lowest BCUT2D eigenvalue weighted by atomic mass is 10.1. The summed E-state index contributed by atoms with van der Waals surface area (Å²) in [5.41, 5.74) is 1.15. The number of hydrogen-bond donors (Lipinski definition) is 2. The Morgan fingerprint density at radius 2 is 2.25 bits per heavy atom. The van der Waals surface area contributed by atoms with E-state index in [0.29, 0.717) is 6.04 Å². The SMILES string of the molecule is CC1CN(Cc2c[nH]c(=O)c3ccc(Br)cc23)CCN1. The highest BCUT2D eigenvalue weighted by atomic mass is 79.9. The van der Waals surface area contributed by atoms with Crippen molar-refractivity contribution in [3.05, 3.63) is 44.8 Å². The minimum Gasteiger partial charge on any atom is -0.328 e. The number of halogens is 1. The van der Waals surface area contributed by atoms with Crippen molar-refractivity contribution in [2.24, 2.45) is 0 Å². The van der Waals surface area contributed by atoms with Gasteiger partial charge in [-0.2, -0.15) is 0 Å². The molecule has 0 aliphatic carbocycles. The van der Waals surface area contributed by atoms with Crippen LogP contribution >= 0.6 is 15.9 Å². The van der Waals surface area contributed by atoms with Crippen molar-refractivity contribution >= 4 is 26.7 Å². The molecule has 1 aliphatic rings. The van der Waals surface area contributed by atoms with Crippen LogP contribution in [0.1, 0.15) is 12.5 Å². The van der Waals surface area contributed by atoms with Crippen LogP contribution in [0.2, 0.25) is 0 Å². The number of aromatic amines is 1. The van der Waals surface area contributed by atoms with Crippen molar-refractivity contribution in [3.8, 4) is 0 Å². The van der Waals surface area contributed by atoms with Gasteiger partial charge in [0.2, 0.25) is 0 Å². The molecule has 0 spiro atoms. The van der Waals surface area contributed by atoms with E-state index in [2.05, 4.69) is 38.1 Å². The van der Waals surface area contributed by atoms with Crippen LogP contribution in [0, 0.1) is 0 Å². The smallest absolute Gasteiger partial charge is 0.255 e. The van der Waals surface area contributed by atoms with E-state index in [9.17, 15) is 4.79 Å². The number of hydrogen-bond acceptors (Lipinski definition) is 3. The lowest BCUT2D eigenvalue weighted by Crippen LogP contribution is -2.48. The van der Waals surface area contributed by atoms with Gasteiger partial charge in [-0.3, -0.25) is 9.69 Å². The summed E-state index contributed by atoms with van der Waals surface area (Å²) >= 11 is 3.49. The second-order valence-electron chi connectivity index (χ2n) is 5.42. The van der Waals surface area contributed by atoms with Crippen molar-refractivity contribution in [1.29, 1.82) is 0 Å². The topological polar surface area (TPSA) is 48.1 Å². The number of benzene rings is 1. The van der Waals surface area contributed by atoms with E-state index < -0.39 is 0 Å². The van der Waals surface area contributed by atoms with Crippen molar-refractivity contribution in [2.45, 2.75) is 19.5 Å². The van der Waals surface area contributed by atoms with Crippen LogP contribution in [0.4, 0.5) is 0 Å². The summed E-state index contributed by atoms with van der Waals surface area (Å²) in [5.74, 6) is 0. The first-order valence-corrected chi connectivity index (χ1v) is 7.68. The first-order chi connectivity index (χ1) is 9.63. The van der Waals surface area contributed by atoms with Crippen LogP contribution < -0.4 is 10.9 Å². The Bertz CT molecular complexity index is 682. The van der Waals surface area contributed by atoms with Crippen LogP contribution in [0.15, 0.2) is 33.7 Å². The predicted octanol–water partition coefficient (Wildman–Crippen LogP) is 2.08. The summed E-state index contributed by atoms with van der Waals surface area (Å²) in [5, 5.41) is 5.24. The number of rotatable bonds is 2. The molecule has 1 aromatic carbocycles. The molecular formula is C15H18BrN3O. The van der Waals surface area contributed by atoms with E-state index in [1.54, 1.807) is 0 Å². The standard InChI is InChI=1S/C15H18BrN3O/c1-10-8-19(5-4-17-10)9-11-7-18-15(20)13-3-2-12(16)6-14(11)13/h2-3,6-7,10,17H,4-5,8-9H2,1H3,(H,18,20). The first kappa shape index (κ1) is 13.8. The molecule has 2 heterocycles. The molecule has 1 unspecified atom stereocenters. The molecule has 1 atom stereocenters. The average molecular weight is 336 g/mol. The molecular weight excluding hydrogens is 318 g/mol. The molecule has 2 aromatic rings. The van der Waals surface area contributed by atoms with Crippen LogP contribution in [0.25, 0.3) is 10.8 Å². The summed E-state index contributed by atoms with van der Waals surface area (Å²) in [6, 6.07) is 6.34. The van der Waals surface area contributed by atoms with Gasteiger partial charge in [0.05, 0.1) is 0 Å². The van der Waals surface area contributed by atoms with Crippen molar-refractivity contribution in [3.63, 3.8) is 0 Å². The minimum atomic E-state index is -0.0232. The van der Waals surface area contributed by atoms with Crippen molar-refractivity contribution < 1.29 is 0 Å². The van der Waals surface area contributed by atoms with E-state index in [4.69, 9.17) is 0 Å². The zero-order chi connectivity index (χ0) is 14.1. The number of piperazine rings is 1. The molecule has 1 aromatic heterocycles. The number of aromatic nitrogens is 1. The van der Waals surface area contributed by atoms with Crippen LogP contribution in [0.5, 0.6) is 0 Å². The first-order valence-electron chi connectivity index (χ1n) is 6.89. The van der Waals surface area contributed by atoms with Gasteiger partial charge in [-0.05, 0) is 36.1 Å². The molecule has 3 rings (SSSR count). The maximum atomic E-state index is 11.9. The van der Waals surface area contributed by atoms with Crippen molar-refractivity contribution in [1.82, 2.24) is 15.2 Å². The summed E-state index contributed by atoms with van der Waals surface area (Å²) in [6.45, 7) is 6.17. The number of nitrogens with zero attached hydrogens (tertiary/aromatic N) is 1. The predicted molar refractivity (Wildman–Crippen MR) is 85.0 cm³/mol. The Morgan fingerprint density at radius 1 is 1.40 bits per heavy atom. The third-order valence-corrected chi connectivity index (χ3v) is 4.29. The lowest BCUT2D eigenvalue weighted by molar-refractivity contribution is 0.200. The lowest BCUT2D eigenvalue weighted by Gasteiger charge is -2.32. The molecule has 106 valence electrons. The van der Waals surface area contributed by atoms with Gasteiger partial charge < -0.3 is 10.3 Å². The Labute approximate surface area is 126 Å². The summed E-state index contributed by atoms with van der Waals surface area (Å²) in [4.78, 5) is 17.2. The Morgan fingerprint density at radius 3 is 3.05 bits per heavy atom. The number of nitrogens with one attached hydrogen (secondary N) is 2. The minimum absolute atomic E-state index is 0.0232. The number of pyridine rings is 1. The van der Waals surface area contributed by atoms with Crippen LogP contribution in [-0.4, -0.2) is 35.6 Å². The molecule has 5 heteroatoms. The third kappa shape index (κ3) is 2.80. The highest BCUT2D eigenvalue weighted by Crippen LogP contribution is 2.21. The van der Waals surface area contributed by atoms with Gasteiger partial charge >= 0.3 is 0 Å². The van der Waals surface area contributed by atoms with Gasteiger partial charge in [0.15, 0.2) is 0 Å². The Balaban J connectivity index is 1.97. The Kier molecular flexibility index (Phi) is 3.92. The van der Waals surface area contributed by atoms with E-state index in [1.165, 1.54) is 5.56 Å². The highest BCUT2D eigenvalue weighted by Gasteiger charge is 2.17.